The van der Waals surface area contributed by atoms with E-state index in [0.29, 0.717) is 0 Å². The fraction of sp³-hybridized carbons (Fsp3) is 0.211. The third-order valence-electron chi connectivity index (χ3n) is 3.86. The molecule has 0 spiro atoms. The van der Waals surface area contributed by atoms with Crippen molar-refractivity contribution in [1.82, 2.24) is 15.0 Å². The average molecular weight is 320 g/mol. The molecule has 122 valence electrons. The molecule has 3 aromatic rings. The molecule has 1 N–H and O–H groups in total. The summed E-state index contributed by atoms with van der Waals surface area (Å²) < 4.78 is 1.82. The maximum absolute atomic E-state index is 11.1. The van der Waals surface area contributed by atoms with Crippen molar-refractivity contribution >= 4 is 11.6 Å². The van der Waals surface area contributed by atoms with E-state index < -0.39 is 0 Å². The molecule has 24 heavy (non-hydrogen) atoms. The van der Waals surface area contributed by atoms with Gasteiger partial charge in [-0.1, -0.05) is 35.0 Å². The summed E-state index contributed by atoms with van der Waals surface area (Å²) in [4.78, 5) is 11.1. The molecule has 1 amide bonds. The Bertz CT molecular complexity index is 871. The Morgan fingerprint density at radius 2 is 1.67 bits per heavy atom. The summed E-state index contributed by atoms with van der Waals surface area (Å²) in [6.07, 6.45) is 1.93. The van der Waals surface area contributed by atoms with Crippen molar-refractivity contribution in [3.05, 3.63) is 59.3 Å². The van der Waals surface area contributed by atoms with Crippen LogP contribution in [-0.2, 0) is 4.79 Å². The summed E-state index contributed by atoms with van der Waals surface area (Å²) in [7, 11) is 0. The third-order valence-corrected chi connectivity index (χ3v) is 3.86. The van der Waals surface area contributed by atoms with E-state index in [9.17, 15) is 4.79 Å². The molecule has 0 radical (unpaired) electrons. The van der Waals surface area contributed by atoms with Crippen molar-refractivity contribution in [3.8, 4) is 16.9 Å². The fourth-order valence-corrected chi connectivity index (χ4v) is 2.97. The summed E-state index contributed by atoms with van der Waals surface area (Å²) in [5.74, 6) is -0.0842. The van der Waals surface area contributed by atoms with Crippen LogP contribution in [0.1, 0.15) is 23.6 Å². The highest BCUT2D eigenvalue weighted by molar-refractivity contribution is 5.88. The van der Waals surface area contributed by atoms with Gasteiger partial charge >= 0.3 is 0 Å². The SMILES string of the molecule is CC(=O)Nc1ccc(-c2cn(-c3c(C)cc(C)cc3C)nn2)cc1. The van der Waals surface area contributed by atoms with Gasteiger partial charge in [-0.25, -0.2) is 4.68 Å². The molecule has 0 atom stereocenters. The molecule has 0 saturated heterocycles. The van der Waals surface area contributed by atoms with Gasteiger partial charge < -0.3 is 5.32 Å². The molecule has 5 heteroatoms. The monoisotopic (exact) mass is 320 g/mol. The second kappa shape index (κ2) is 6.28. The summed E-state index contributed by atoms with van der Waals surface area (Å²) in [5, 5.41) is 11.3. The molecule has 1 heterocycles. The van der Waals surface area contributed by atoms with E-state index in [0.717, 1.165) is 22.6 Å². The zero-order valence-electron chi connectivity index (χ0n) is 14.3. The van der Waals surface area contributed by atoms with Crippen molar-refractivity contribution < 1.29 is 4.79 Å². The second-order valence-electron chi connectivity index (χ2n) is 6.05. The molecular weight excluding hydrogens is 300 g/mol. The first-order valence-electron chi connectivity index (χ1n) is 7.82. The highest BCUT2D eigenvalue weighted by atomic mass is 16.1. The van der Waals surface area contributed by atoms with Gasteiger partial charge in [-0.3, -0.25) is 4.79 Å². The van der Waals surface area contributed by atoms with Gasteiger partial charge in [-0.05, 0) is 44.0 Å². The van der Waals surface area contributed by atoms with Crippen LogP contribution in [0.4, 0.5) is 5.69 Å². The molecule has 2 aromatic carbocycles. The first-order valence-corrected chi connectivity index (χ1v) is 7.82. The third kappa shape index (κ3) is 3.20. The molecule has 0 aliphatic rings. The molecule has 0 fully saturated rings. The molecular formula is C19H20N4O. The van der Waals surface area contributed by atoms with Crippen molar-refractivity contribution in [2.75, 3.05) is 5.32 Å². The number of nitrogens with zero attached hydrogens (tertiary/aromatic N) is 3. The van der Waals surface area contributed by atoms with Crippen LogP contribution in [0.5, 0.6) is 0 Å². The molecule has 0 aliphatic heterocycles. The predicted octanol–water partition coefficient (Wildman–Crippen LogP) is 3.82. The Kier molecular flexibility index (Phi) is 4.16. The van der Waals surface area contributed by atoms with E-state index in [2.05, 4.69) is 48.5 Å². The lowest BCUT2D eigenvalue weighted by atomic mass is 10.1. The van der Waals surface area contributed by atoms with E-state index in [1.165, 1.54) is 23.6 Å². The van der Waals surface area contributed by atoms with Crippen LogP contribution in [0.2, 0.25) is 0 Å². The summed E-state index contributed by atoms with van der Waals surface area (Å²) in [6.45, 7) is 7.75. The first kappa shape index (κ1) is 15.9. The number of benzene rings is 2. The zero-order valence-corrected chi connectivity index (χ0v) is 14.3. The number of hydrogen-bond acceptors (Lipinski definition) is 3. The van der Waals surface area contributed by atoms with Crippen molar-refractivity contribution in [2.45, 2.75) is 27.7 Å². The van der Waals surface area contributed by atoms with Gasteiger partial charge in [0.25, 0.3) is 0 Å². The largest absolute Gasteiger partial charge is 0.326 e. The van der Waals surface area contributed by atoms with Crippen LogP contribution in [0, 0.1) is 20.8 Å². The van der Waals surface area contributed by atoms with Gasteiger partial charge in [0.15, 0.2) is 0 Å². The number of carbonyl (C=O) groups excluding carboxylic acids is 1. The molecule has 0 aliphatic carbocycles. The molecule has 0 unspecified atom stereocenters. The smallest absolute Gasteiger partial charge is 0.221 e. The number of nitrogens with one attached hydrogen (secondary N) is 1. The fourth-order valence-electron chi connectivity index (χ4n) is 2.97. The van der Waals surface area contributed by atoms with Gasteiger partial charge in [0.1, 0.15) is 5.69 Å². The van der Waals surface area contributed by atoms with E-state index in [4.69, 9.17) is 0 Å². The summed E-state index contributed by atoms with van der Waals surface area (Å²) in [6, 6.07) is 11.9. The van der Waals surface area contributed by atoms with Gasteiger partial charge in [0, 0.05) is 18.2 Å². The molecule has 3 rings (SSSR count). The quantitative estimate of drug-likeness (QED) is 0.798. The van der Waals surface area contributed by atoms with E-state index in [1.54, 1.807) is 0 Å². The number of carbonyl (C=O) groups is 1. The van der Waals surface area contributed by atoms with E-state index in [1.807, 2.05) is 35.1 Å². The number of amides is 1. The minimum atomic E-state index is -0.0842. The number of aryl methyl sites for hydroxylation is 3. The Morgan fingerprint density at radius 1 is 1.04 bits per heavy atom. The van der Waals surface area contributed by atoms with Crippen molar-refractivity contribution in [2.24, 2.45) is 0 Å². The van der Waals surface area contributed by atoms with E-state index >= 15 is 0 Å². The summed E-state index contributed by atoms with van der Waals surface area (Å²) >= 11 is 0. The van der Waals surface area contributed by atoms with Crippen LogP contribution >= 0.6 is 0 Å². The van der Waals surface area contributed by atoms with Crippen LogP contribution in [0.25, 0.3) is 16.9 Å². The van der Waals surface area contributed by atoms with Crippen molar-refractivity contribution in [3.63, 3.8) is 0 Å². The minimum absolute atomic E-state index is 0.0842. The van der Waals surface area contributed by atoms with Crippen molar-refractivity contribution in [1.29, 1.82) is 0 Å². The Balaban J connectivity index is 1.92. The maximum Gasteiger partial charge on any atom is 0.221 e. The molecule has 5 nitrogen and oxygen atoms in total. The number of aromatic nitrogens is 3. The van der Waals surface area contributed by atoms with Crippen LogP contribution in [-0.4, -0.2) is 20.9 Å². The number of anilines is 1. The molecule has 0 bridgehead atoms. The lowest BCUT2D eigenvalue weighted by Crippen LogP contribution is -2.05. The maximum atomic E-state index is 11.1. The zero-order chi connectivity index (χ0) is 17.3. The molecule has 1 aromatic heterocycles. The highest BCUT2D eigenvalue weighted by Gasteiger charge is 2.10. The normalized spacial score (nSPS) is 10.7. The first-order chi connectivity index (χ1) is 11.4. The Hall–Kier alpha value is -2.95. The summed E-state index contributed by atoms with van der Waals surface area (Å²) in [5.41, 5.74) is 7.16. The van der Waals surface area contributed by atoms with Crippen LogP contribution in [0.15, 0.2) is 42.6 Å². The average Bonchev–Trinajstić information content (AvgIpc) is 2.96. The Morgan fingerprint density at radius 3 is 2.25 bits per heavy atom. The molecule has 0 saturated carbocycles. The van der Waals surface area contributed by atoms with Gasteiger partial charge in [0.2, 0.25) is 5.91 Å². The Labute approximate surface area is 141 Å². The standard InChI is InChI=1S/C19H20N4O/c1-12-9-13(2)19(14(3)10-12)23-11-18(21-22-23)16-5-7-17(8-6-16)20-15(4)24/h5-11H,1-4H3,(H,20,24). The predicted molar refractivity (Wildman–Crippen MR) is 95.3 cm³/mol. The van der Waals surface area contributed by atoms with Gasteiger partial charge in [0.05, 0.1) is 11.9 Å². The van der Waals surface area contributed by atoms with Crippen LogP contribution < -0.4 is 5.32 Å². The minimum Gasteiger partial charge on any atom is -0.326 e. The second-order valence-corrected chi connectivity index (χ2v) is 6.05. The van der Waals surface area contributed by atoms with E-state index in [-0.39, 0.29) is 5.91 Å². The highest BCUT2D eigenvalue weighted by Crippen LogP contribution is 2.23. The van der Waals surface area contributed by atoms with Crippen LogP contribution in [0.3, 0.4) is 0 Å². The topological polar surface area (TPSA) is 59.8 Å². The number of rotatable bonds is 3. The van der Waals surface area contributed by atoms with Gasteiger partial charge in [-0.15, -0.1) is 5.10 Å². The number of hydrogen-bond donors (Lipinski definition) is 1. The lowest BCUT2D eigenvalue weighted by molar-refractivity contribution is -0.114. The van der Waals surface area contributed by atoms with Gasteiger partial charge in [-0.2, -0.15) is 0 Å². The lowest BCUT2D eigenvalue weighted by Gasteiger charge is -2.10.